The zero-order chi connectivity index (χ0) is 18.7. The van der Waals surface area contributed by atoms with Crippen molar-refractivity contribution in [3.8, 4) is 0 Å². The average molecular weight is 401 g/mol. The second-order valence-corrected chi connectivity index (χ2v) is 8.07. The summed E-state index contributed by atoms with van der Waals surface area (Å²) in [6, 6.07) is 4.38. The van der Waals surface area contributed by atoms with Crippen LogP contribution in [0.3, 0.4) is 0 Å². The number of carbonyl (C=O) groups excluding carboxylic acids is 2. The zero-order valence-electron chi connectivity index (χ0n) is 11.9. The number of nitrogen functional groups attached to an aromatic ring is 1. The van der Waals surface area contributed by atoms with Crippen LogP contribution >= 0.6 is 22.3 Å². The van der Waals surface area contributed by atoms with Crippen LogP contribution < -0.4 is 5.73 Å². The van der Waals surface area contributed by atoms with Gasteiger partial charge in [0.1, 0.15) is 10.5 Å². The molecule has 0 fully saturated rings. The number of fused-ring (bicyclic) bond motifs is 2. The second-order valence-electron chi connectivity index (χ2n) is 5.10. The molecule has 2 aromatic carbocycles. The Labute approximate surface area is 149 Å². The molecular formula is C14H6Cl2N2O6S. The lowest BCUT2D eigenvalue weighted by molar-refractivity contribution is -0.385. The molecule has 0 aliphatic heterocycles. The van der Waals surface area contributed by atoms with Gasteiger partial charge >= 0.3 is 0 Å². The predicted molar refractivity (Wildman–Crippen MR) is 88.9 cm³/mol. The van der Waals surface area contributed by atoms with Gasteiger partial charge in [-0.15, -0.1) is 0 Å². The van der Waals surface area contributed by atoms with Gasteiger partial charge in [0.25, 0.3) is 14.7 Å². The molecule has 8 nitrogen and oxygen atoms in total. The Balaban J connectivity index is 2.49. The minimum absolute atomic E-state index is 0.0907. The van der Waals surface area contributed by atoms with Crippen LogP contribution in [0.2, 0.25) is 5.02 Å². The number of carbonyl (C=O) groups is 2. The number of hydrogen-bond acceptors (Lipinski definition) is 7. The summed E-state index contributed by atoms with van der Waals surface area (Å²) in [5.74, 6) is -1.69. The van der Waals surface area contributed by atoms with Gasteiger partial charge in [0.05, 0.1) is 16.2 Å². The van der Waals surface area contributed by atoms with Crippen LogP contribution in [-0.4, -0.2) is 24.9 Å². The van der Waals surface area contributed by atoms with Gasteiger partial charge < -0.3 is 5.73 Å². The molecule has 0 saturated heterocycles. The summed E-state index contributed by atoms with van der Waals surface area (Å²) in [6.07, 6.45) is 0. The Morgan fingerprint density at radius 2 is 1.64 bits per heavy atom. The quantitative estimate of drug-likeness (QED) is 0.301. The molecule has 0 spiro atoms. The van der Waals surface area contributed by atoms with Crippen molar-refractivity contribution >= 4 is 54.3 Å². The SMILES string of the molecule is Nc1c(S(=O)(=O)Cl)cc([N+](=O)[O-])c2c1C(=O)c1ccc(Cl)cc1C2=O. The van der Waals surface area contributed by atoms with E-state index in [4.69, 9.17) is 28.0 Å². The summed E-state index contributed by atoms with van der Waals surface area (Å²) in [5, 5.41) is 11.5. The number of nitro benzene ring substituents is 1. The lowest BCUT2D eigenvalue weighted by Crippen LogP contribution is -2.24. The predicted octanol–water partition coefficient (Wildman–Crippen LogP) is 2.53. The molecule has 3 rings (SSSR count). The first-order valence-corrected chi connectivity index (χ1v) is 9.17. The van der Waals surface area contributed by atoms with Crippen LogP contribution in [-0.2, 0) is 9.05 Å². The molecule has 128 valence electrons. The first kappa shape index (κ1) is 17.3. The normalized spacial score (nSPS) is 13.4. The van der Waals surface area contributed by atoms with Crippen LogP contribution in [0.4, 0.5) is 11.4 Å². The van der Waals surface area contributed by atoms with Crippen molar-refractivity contribution in [3.63, 3.8) is 0 Å². The molecule has 0 aromatic heterocycles. The largest absolute Gasteiger partial charge is 0.397 e. The number of nitrogens with zero attached hydrogens (tertiary/aromatic N) is 1. The zero-order valence-corrected chi connectivity index (χ0v) is 14.3. The minimum Gasteiger partial charge on any atom is -0.397 e. The summed E-state index contributed by atoms with van der Waals surface area (Å²) in [7, 11) is 0.754. The summed E-state index contributed by atoms with van der Waals surface area (Å²) < 4.78 is 23.3. The molecule has 0 bridgehead atoms. The summed E-state index contributed by atoms with van der Waals surface area (Å²) in [4.78, 5) is 34.9. The molecule has 0 saturated carbocycles. The molecule has 0 atom stereocenters. The number of ketones is 2. The first-order chi connectivity index (χ1) is 11.5. The minimum atomic E-state index is -4.49. The smallest absolute Gasteiger partial charge is 0.282 e. The molecule has 0 heterocycles. The number of hydrogen-bond donors (Lipinski definition) is 1. The topological polar surface area (TPSA) is 137 Å². The number of nitrogens with two attached hydrogens (primary N) is 1. The van der Waals surface area contributed by atoms with Crippen molar-refractivity contribution in [2.45, 2.75) is 4.90 Å². The number of anilines is 1. The van der Waals surface area contributed by atoms with E-state index in [2.05, 4.69) is 0 Å². The number of halogens is 2. The van der Waals surface area contributed by atoms with Crippen molar-refractivity contribution in [2.24, 2.45) is 0 Å². The standard InChI is InChI=1S/C14H6Cl2N2O6S/c15-5-1-2-6-7(3-5)14(20)10-8(18(21)22)4-9(25(16,23)24)12(17)11(10)13(6)19/h1-4H,17H2. The highest BCUT2D eigenvalue weighted by Gasteiger charge is 2.40. The van der Waals surface area contributed by atoms with Crippen molar-refractivity contribution in [1.29, 1.82) is 0 Å². The molecule has 0 amide bonds. The monoisotopic (exact) mass is 400 g/mol. The molecule has 1 aliphatic carbocycles. The molecule has 1 aliphatic rings. The van der Waals surface area contributed by atoms with Gasteiger partial charge in [-0.3, -0.25) is 19.7 Å². The van der Waals surface area contributed by atoms with E-state index in [1.165, 1.54) is 18.2 Å². The molecule has 2 aromatic rings. The van der Waals surface area contributed by atoms with Crippen molar-refractivity contribution < 1.29 is 22.9 Å². The van der Waals surface area contributed by atoms with Crippen LogP contribution in [0.5, 0.6) is 0 Å². The highest BCUT2D eigenvalue weighted by molar-refractivity contribution is 8.13. The Hall–Kier alpha value is -2.49. The maximum atomic E-state index is 12.7. The molecule has 2 N–H and O–H groups in total. The van der Waals surface area contributed by atoms with E-state index in [1.54, 1.807) is 0 Å². The third-order valence-electron chi connectivity index (χ3n) is 3.69. The molecule has 0 radical (unpaired) electrons. The number of rotatable bonds is 2. The Bertz CT molecular complexity index is 1110. The Morgan fingerprint density at radius 1 is 1.04 bits per heavy atom. The lowest BCUT2D eigenvalue weighted by Gasteiger charge is -2.20. The van der Waals surface area contributed by atoms with Gasteiger partial charge in [0.15, 0.2) is 5.78 Å². The van der Waals surface area contributed by atoms with Crippen molar-refractivity contribution in [3.05, 3.63) is 61.7 Å². The number of benzene rings is 2. The van der Waals surface area contributed by atoms with Gasteiger partial charge in [-0.1, -0.05) is 11.6 Å². The second kappa shape index (κ2) is 5.51. The van der Waals surface area contributed by atoms with Gasteiger partial charge in [0, 0.05) is 32.9 Å². The van der Waals surface area contributed by atoms with E-state index in [-0.39, 0.29) is 16.1 Å². The average Bonchev–Trinajstić information content (AvgIpc) is 2.50. The fourth-order valence-corrected chi connectivity index (χ4v) is 3.82. The van der Waals surface area contributed by atoms with Crippen molar-refractivity contribution in [1.82, 2.24) is 0 Å². The fourth-order valence-electron chi connectivity index (χ4n) is 2.64. The van der Waals surface area contributed by atoms with Gasteiger partial charge in [-0.2, -0.15) is 0 Å². The maximum Gasteiger partial charge on any atom is 0.282 e. The van der Waals surface area contributed by atoms with E-state index in [0.29, 0.717) is 6.07 Å². The third-order valence-corrected chi connectivity index (χ3v) is 5.29. The van der Waals surface area contributed by atoms with E-state index < -0.39 is 52.9 Å². The number of nitro groups is 1. The summed E-state index contributed by atoms with van der Waals surface area (Å²) in [5.41, 5.74) is 2.84. The Kier molecular flexibility index (Phi) is 3.82. The van der Waals surface area contributed by atoms with Crippen LogP contribution in [0.15, 0.2) is 29.2 Å². The lowest BCUT2D eigenvalue weighted by atomic mass is 9.82. The maximum absolute atomic E-state index is 12.7. The first-order valence-electron chi connectivity index (χ1n) is 6.48. The van der Waals surface area contributed by atoms with Gasteiger partial charge in [0.2, 0.25) is 5.78 Å². The van der Waals surface area contributed by atoms with E-state index in [1.807, 2.05) is 0 Å². The molecule has 11 heteroatoms. The van der Waals surface area contributed by atoms with E-state index >= 15 is 0 Å². The van der Waals surface area contributed by atoms with E-state index in [0.717, 1.165) is 0 Å². The fraction of sp³-hybridized carbons (Fsp3) is 0. The van der Waals surface area contributed by atoms with Gasteiger partial charge in [-0.05, 0) is 18.2 Å². The molecular weight excluding hydrogens is 395 g/mol. The summed E-state index contributed by atoms with van der Waals surface area (Å²) >= 11 is 5.82. The highest BCUT2D eigenvalue weighted by atomic mass is 35.7. The van der Waals surface area contributed by atoms with Crippen LogP contribution in [0.1, 0.15) is 31.8 Å². The van der Waals surface area contributed by atoms with Crippen LogP contribution in [0, 0.1) is 10.1 Å². The van der Waals surface area contributed by atoms with Crippen LogP contribution in [0.25, 0.3) is 0 Å². The highest BCUT2D eigenvalue weighted by Crippen LogP contribution is 2.41. The van der Waals surface area contributed by atoms with E-state index in [9.17, 15) is 28.1 Å². The third kappa shape index (κ3) is 2.56. The molecule has 0 unspecified atom stereocenters. The molecule has 25 heavy (non-hydrogen) atoms. The van der Waals surface area contributed by atoms with Crippen molar-refractivity contribution in [2.75, 3.05) is 5.73 Å². The summed E-state index contributed by atoms with van der Waals surface area (Å²) in [6.45, 7) is 0. The van der Waals surface area contributed by atoms with Gasteiger partial charge in [-0.25, -0.2) is 8.42 Å². The Morgan fingerprint density at radius 3 is 2.20 bits per heavy atom.